The van der Waals surface area contributed by atoms with Gasteiger partial charge < -0.3 is 4.90 Å². The van der Waals surface area contributed by atoms with Crippen molar-refractivity contribution >= 4 is 23.3 Å². The highest BCUT2D eigenvalue weighted by Crippen LogP contribution is 2.33. The highest BCUT2D eigenvalue weighted by atomic mass is 32.2. The average Bonchev–Trinajstić information content (AvgIpc) is 3.07. The van der Waals surface area contributed by atoms with Gasteiger partial charge in [-0.3, -0.25) is 9.20 Å². The molecule has 0 atom stereocenters. The van der Waals surface area contributed by atoms with Crippen LogP contribution in [0.5, 0.6) is 0 Å². The second-order valence-electron chi connectivity index (χ2n) is 6.57. The molecule has 0 aliphatic heterocycles. The molecule has 1 amide bonds. The molecular weight excluding hydrogens is 379 g/mol. The normalized spacial score (nSPS) is 16.9. The van der Waals surface area contributed by atoms with E-state index in [1.54, 1.807) is 7.05 Å². The Hall–Kier alpha value is -2.28. The van der Waals surface area contributed by atoms with E-state index in [0.29, 0.717) is 12.8 Å². The largest absolute Gasteiger partial charge is 0.417 e. The Kier molecular flexibility index (Phi) is 5.33. The van der Waals surface area contributed by atoms with Gasteiger partial charge in [-0.25, -0.2) is 0 Å². The van der Waals surface area contributed by atoms with Gasteiger partial charge in [0.05, 0.1) is 17.4 Å². The zero-order valence-electron chi connectivity index (χ0n) is 14.7. The van der Waals surface area contributed by atoms with Crippen molar-refractivity contribution in [2.24, 2.45) is 0 Å². The summed E-state index contributed by atoms with van der Waals surface area (Å²) in [7, 11) is 1.61. The molecule has 3 rings (SSSR count). The highest BCUT2D eigenvalue weighted by Gasteiger charge is 2.38. The predicted octanol–water partition coefficient (Wildman–Crippen LogP) is 3.53. The molecule has 1 aliphatic carbocycles. The van der Waals surface area contributed by atoms with Crippen molar-refractivity contribution in [2.75, 3.05) is 12.8 Å². The van der Waals surface area contributed by atoms with Crippen molar-refractivity contribution in [1.29, 1.82) is 5.26 Å². The summed E-state index contributed by atoms with van der Waals surface area (Å²) in [6, 6.07) is 4.46. The first-order chi connectivity index (χ1) is 12.8. The molecule has 0 saturated heterocycles. The van der Waals surface area contributed by atoms with E-state index in [9.17, 15) is 23.2 Å². The van der Waals surface area contributed by atoms with E-state index in [1.165, 1.54) is 15.4 Å². The maximum absolute atomic E-state index is 12.9. The van der Waals surface area contributed by atoms with Crippen molar-refractivity contribution in [2.45, 2.75) is 49.0 Å². The number of pyridine rings is 1. The van der Waals surface area contributed by atoms with Crippen molar-refractivity contribution in [3.05, 3.63) is 23.9 Å². The van der Waals surface area contributed by atoms with Gasteiger partial charge in [0, 0.05) is 13.2 Å². The number of carbonyl (C=O) groups is 1. The molecule has 2 aromatic heterocycles. The molecule has 144 valence electrons. The number of nitriles is 1. The van der Waals surface area contributed by atoms with E-state index >= 15 is 0 Å². The lowest BCUT2D eigenvalue weighted by Crippen LogP contribution is -2.50. The van der Waals surface area contributed by atoms with Gasteiger partial charge in [0.2, 0.25) is 5.91 Å². The van der Waals surface area contributed by atoms with Crippen LogP contribution in [0.2, 0.25) is 0 Å². The monoisotopic (exact) mass is 397 g/mol. The van der Waals surface area contributed by atoms with E-state index < -0.39 is 17.3 Å². The molecule has 10 heteroatoms. The molecule has 1 saturated carbocycles. The molecule has 0 N–H and O–H groups in total. The van der Waals surface area contributed by atoms with Gasteiger partial charge in [0.15, 0.2) is 10.8 Å². The van der Waals surface area contributed by atoms with Crippen LogP contribution in [0.3, 0.4) is 0 Å². The lowest BCUT2D eigenvalue weighted by Gasteiger charge is -2.39. The summed E-state index contributed by atoms with van der Waals surface area (Å²) < 4.78 is 39.9. The lowest BCUT2D eigenvalue weighted by molar-refractivity contribution is -0.138. The fraction of sp³-hybridized carbons (Fsp3) is 0.529. The molecule has 0 unspecified atom stereocenters. The third kappa shape index (κ3) is 3.88. The number of aromatic nitrogens is 3. The van der Waals surface area contributed by atoms with Crippen molar-refractivity contribution in [3.63, 3.8) is 0 Å². The van der Waals surface area contributed by atoms with Gasteiger partial charge in [0.25, 0.3) is 0 Å². The van der Waals surface area contributed by atoms with Gasteiger partial charge in [-0.1, -0.05) is 31.0 Å². The van der Waals surface area contributed by atoms with Crippen molar-refractivity contribution in [3.8, 4) is 6.07 Å². The topological polar surface area (TPSA) is 74.3 Å². The van der Waals surface area contributed by atoms with Crippen LogP contribution in [0.4, 0.5) is 13.2 Å². The number of rotatable bonds is 4. The molecule has 0 bridgehead atoms. The van der Waals surface area contributed by atoms with E-state index in [2.05, 4.69) is 16.3 Å². The van der Waals surface area contributed by atoms with Crippen molar-refractivity contribution in [1.82, 2.24) is 19.5 Å². The number of thioether (sulfide) groups is 1. The Labute approximate surface area is 158 Å². The first-order valence-corrected chi connectivity index (χ1v) is 9.48. The van der Waals surface area contributed by atoms with E-state index in [1.807, 2.05) is 0 Å². The number of hydrogen-bond acceptors (Lipinski definition) is 5. The van der Waals surface area contributed by atoms with Gasteiger partial charge in [-0.15, -0.1) is 10.2 Å². The Bertz CT molecular complexity index is 883. The lowest BCUT2D eigenvalue weighted by atomic mass is 9.81. The summed E-state index contributed by atoms with van der Waals surface area (Å²) in [4.78, 5) is 14.1. The van der Waals surface area contributed by atoms with Gasteiger partial charge in [-0.2, -0.15) is 18.4 Å². The minimum absolute atomic E-state index is 0.0308. The summed E-state index contributed by atoms with van der Waals surface area (Å²) in [5.41, 5.74) is -1.34. The van der Waals surface area contributed by atoms with Crippen molar-refractivity contribution < 1.29 is 18.0 Å². The zero-order chi connectivity index (χ0) is 19.7. The summed E-state index contributed by atoms with van der Waals surface area (Å²) in [5.74, 6) is -0.288. The molecule has 0 radical (unpaired) electrons. The van der Waals surface area contributed by atoms with Crippen LogP contribution in [-0.4, -0.2) is 43.7 Å². The Morgan fingerprint density at radius 2 is 2.04 bits per heavy atom. The van der Waals surface area contributed by atoms with Crippen LogP contribution >= 0.6 is 11.8 Å². The first kappa shape index (κ1) is 19.5. The van der Waals surface area contributed by atoms with Gasteiger partial charge >= 0.3 is 6.18 Å². The smallest absolute Gasteiger partial charge is 0.326 e. The Morgan fingerprint density at radius 1 is 1.33 bits per heavy atom. The number of fused-ring (bicyclic) bond motifs is 1. The van der Waals surface area contributed by atoms with Crippen LogP contribution in [0, 0.1) is 11.3 Å². The van der Waals surface area contributed by atoms with Crippen LogP contribution < -0.4 is 0 Å². The molecule has 0 spiro atoms. The molecule has 2 heterocycles. The zero-order valence-corrected chi connectivity index (χ0v) is 15.5. The summed E-state index contributed by atoms with van der Waals surface area (Å²) in [5, 5.41) is 17.5. The average molecular weight is 397 g/mol. The number of halogens is 3. The van der Waals surface area contributed by atoms with Crippen LogP contribution in [0.1, 0.15) is 37.7 Å². The maximum Gasteiger partial charge on any atom is 0.417 e. The molecule has 1 fully saturated rings. The minimum Gasteiger partial charge on any atom is -0.326 e. The molecule has 1 aliphatic rings. The molecular formula is C17H18F3N5OS. The van der Waals surface area contributed by atoms with E-state index in [-0.39, 0.29) is 22.5 Å². The fourth-order valence-electron chi connectivity index (χ4n) is 3.26. The van der Waals surface area contributed by atoms with Crippen LogP contribution in [0.25, 0.3) is 5.65 Å². The third-order valence-corrected chi connectivity index (χ3v) is 5.86. The molecule has 0 aromatic carbocycles. The Balaban J connectivity index is 1.74. The number of alkyl halides is 3. The summed E-state index contributed by atoms with van der Waals surface area (Å²) in [6.45, 7) is 0. The fourth-order valence-corrected chi connectivity index (χ4v) is 4.09. The van der Waals surface area contributed by atoms with Crippen LogP contribution in [-0.2, 0) is 11.0 Å². The quantitative estimate of drug-likeness (QED) is 0.738. The number of amides is 1. The number of carbonyl (C=O) groups excluding carboxylic acids is 1. The standard InChI is InChI=1S/C17H18F3N5OS/c1-24(16(11-21)7-3-2-4-8-16)14(26)10-27-15-23-22-13-6-5-12(9-25(13)15)17(18,19)20/h5-6,9H,2-4,7-8,10H2,1H3. The van der Waals surface area contributed by atoms with E-state index in [4.69, 9.17) is 0 Å². The second-order valence-corrected chi connectivity index (χ2v) is 7.51. The first-order valence-electron chi connectivity index (χ1n) is 8.49. The summed E-state index contributed by atoms with van der Waals surface area (Å²) in [6.07, 6.45) is 0.562. The highest BCUT2D eigenvalue weighted by molar-refractivity contribution is 7.99. The minimum atomic E-state index is -4.48. The van der Waals surface area contributed by atoms with Gasteiger partial charge in [0.1, 0.15) is 5.54 Å². The molecule has 6 nitrogen and oxygen atoms in total. The molecule has 2 aromatic rings. The van der Waals surface area contributed by atoms with Gasteiger partial charge in [-0.05, 0) is 25.0 Å². The Morgan fingerprint density at radius 3 is 2.67 bits per heavy atom. The second kappa shape index (κ2) is 7.38. The summed E-state index contributed by atoms with van der Waals surface area (Å²) >= 11 is 1.01. The third-order valence-electron chi connectivity index (χ3n) is 4.93. The van der Waals surface area contributed by atoms with E-state index in [0.717, 1.165) is 43.3 Å². The molecule has 27 heavy (non-hydrogen) atoms. The maximum atomic E-state index is 12.9. The predicted molar refractivity (Wildman–Crippen MR) is 92.9 cm³/mol. The van der Waals surface area contributed by atoms with Crippen LogP contribution in [0.15, 0.2) is 23.5 Å². The SMILES string of the molecule is CN(C(=O)CSc1nnc2ccc(C(F)(F)F)cn12)C1(C#N)CCCCC1. The number of nitrogens with zero attached hydrogens (tertiary/aromatic N) is 5. The number of hydrogen-bond donors (Lipinski definition) is 0.